The van der Waals surface area contributed by atoms with Gasteiger partial charge in [0, 0.05) is 12.6 Å². The van der Waals surface area contributed by atoms with Gasteiger partial charge in [0.15, 0.2) is 5.78 Å². The Labute approximate surface area is 102 Å². The highest BCUT2D eigenvalue weighted by Crippen LogP contribution is 2.15. The van der Waals surface area contributed by atoms with Crippen molar-refractivity contribution in [2.24, 2.45) is 0 Å². The molecule has 0 amide bonds. The number of hydrogen-bond donors (Lipinski definition) is 0. The Balaban J connectivity index is 1.96. The van der Waals surface area contributed by atoms with Crippen LogP contribution in [0.5, 0.6) is 0 Å². The fourth-order valence-electron chi connectivity index (χ4n) is 1.82. The largest absolute Gasteiger partial charge is 0.294 e. The zero-order valence-electron chi connectivity index (χ0n) is 9.04. The molecule has 0 aromatic carbocycles. The number of nitrogens with zero attached hydrogens (tertiary/aromatic N) is 2. The predicted molar refractivity (Wildman–Crippen MR) is 67.5 cm³/mol. The number of aromatic nitrogens is 2. The lowest BCUT2D eigenvalue weighted by Gasteiger charge is -1.97. The number of ketones is 1. The van der Waals surface area contributed by atoms with E-state index in [9.17, 15) is 4.79 Å². The summed E-state index contributed by atoms with van der Waals surface area (Å²) < 4.78 is 1.72. The average Bonchev–Trinajstić information content (AvgIpc) is 2.96. The molecular formula is C13H10N2OS. The molecule has 3 heterocycles. The molecule has 0 radical (unpaired) electrons. The molecule has 0 atom stereocenters. The summed E-state index contributed by atoms with van der Waals surface area (Å²) in [7, 11) is 0. The van der Waals surface area contributed by atoms with E-state index in [0.717, 1.165) is 11.1 Å². The van der Waals surface area contributed by atoms with Crippen molar-refractivity contribution >= 4 is 22.6 Å². The fourth-order valence-corrected chi connectivity index (χ4v) is 2.49. The maximum atomic E-state index is 12.1. The van der Waals surface area contributed by atoms with Gasteiger partial charge in [0.1, 0.15) is 0 Å². The number of hydrogen-bond acceptors (Lipinski definition) is 3. The Morgan fingerprint density at radius 2 is 2.29 bits per heavy atom. The summed E-state index contributed by atoms with van der Waals surface area (Å²) in [5.41, 5.74) is 2.62. The predicted octanol–water partition coefficient (Wildman–Crippen LogP) is 2.82. The summed E-state index contributed by atoms with van der Waals surface area (Å²) in [6.45, 7) is 0. The Kier molecular flexibility index (Phi) is 2.49. The number of carbonyl (C=O) groups excluding carboxylic acids is 1. The van der Waals surface area contributed by atoms with Crippen LogP contribution in [0.15, 0.2) is 47.4 Å². The highest BCUT2D eigenvalue weighted by molar-refractivity contribution is 7.08. The molecule has 0 aliphatic heterocycles. The van der Waals surface area contributed by atoms with Gasteiger partial charge in [-0.15, -0.1) is 0 Å². The Bertz CT molecular complexity index is 655. The number of fused-ring (bicyclic) bond motifs is 1. The third-order valence-electron chi connectivity index (χ3n) is 2.67. The SMILES string of the molecule is O=C(Cc1ccsc1)c1cnn2ccccc12. The van der Waals surface area contributed by atoms with E-state index in [0.29, 0.717) is 12.0 Å². The van der Waals surface area contributed by atoms with Crippen LogP contribution in [0.1, 0.15) is 15.9 Å². The van der Waals surface area contributed by atoms with Gasteiger partial charge in [0.2, 0.25) is 0 Å². The van der Waals surface area contributed by atoms with Crippen molar-refractivity contribution in [2.45, 2.75) is 6.42 Å². The van der Waals surface area contributed by atoms with Crippen LogP contribution in [0, 0.1) is 0 Å². The van der Waals surface area contributed by atoms with Crippen LogP contribution in [-0.2, 0) is 6.42 Å². The molecule has 0 fully saturated rings. The van der Waals surface area contributed by atoms with E-state index in [4.69, 9.17) is 0 Å². The van der Waals surface area contributed by atoms with Gasteiger partial charge >= 0.3 is 0 Å². The fraction of sp³-hybridized carbons (Fsp3) is 0.0769. The molecule has 17 heavy (non-hydrogen) atoms. The third-order valence-corrected chi connectivity index (χ3v) is 3.40. The molecule has 0 bridgehead atoms. The van der Waals surface area contributed by atoms with Gasteiger partial charge in [-0.05, 0) is 34.5 Å². The molecule has 0 unspecified atom stereocenters. The van der Waals surface area contributed by atoms with Crippen LogP contribution in [0.3, 0.4) is 0 Å². The van der Waals surface area contributed by atoms with Crippen LogP contribution >= 0.6 is 11.3 Å². The van der Waals surface area contributed by atoms with Crippen molar-refractivity contribution in [3.63, 3.8) is 0 Å². The lowest BCUT2D eigenvalue weighted by atomic mass is 10.1. The van der Waals surface area contributed by atoms with Gasteiger partial charge in [-0.3, -0.25) is 4.79 Å². The standard InChI is InChI=1S/C13H10N2OS/c16-13(7-10-4-6-17-9-10)11-8-14-15-5-2-1-3-12(11)15/h1-6,8-9H,7H2. The van der Waals surface area contributed by atoms with E-state index in [1.807, 2.05) is 41.2 Å². The van der Waals surface area contributed by atoms with E-state index in [1.54, 1.807) is 22.0 Å². The lowest BCUT2D eigenvalue weighted by Crippen LogP contribution is -2.02. The second kappa shape index (κ2) is 4.14. The van der Waals surface area contributed by atoms with Crippen molar-refractivity contribution < 1.29 is 4.79 Å². The minimum Gasteiger partial charge on any atom is -0.294 e. The molecule has 0 N–H and O–H groups in total. The van der Waals surface area contributed by atoms with Crippen LogP contribution < -0.4 is 0 Å². The average molecular weight is 242 g/mol. The quantitative estimate of drug-likeness (QED) is 0.662. The van der Waals surface area contributed by atoms with Crippen LogP contribution in [0.4, 0.5) is 0 Å². The normalized spacial score (nSPS) is 10.8. The summed E-state index contributed by atoms with van der Waals surface area (Å²) in [6.07, 6.45) is 3.93. The van der Waals surface area contributed by atoms with E-state index >= 15 is 0 Å². The highest BCUT2D eigenvalue weighted by Gasteiger charge is 2.12. The van der Waals surface area contributed by atoms with E-state index in [1.165, 1.54) is 0 Å². The Morgan fingerprint density at radius 1 is 1.35 bits per heavy atom. The van der Waals surface area contributed by atoms with Gasteiger partial charge in [0.25, 0.3) is 0 Å². The Morgan fingerprint density at radius 3 is 3.12 bits per heavy atom. The number of Topliss-reactive ketones (excluding diaryl/α,β-unsaturated/α-hetero) is 1. The van der Waals surface area contributed by atoms with Crippen molar-refractivity contribution in [1.82, 2.24) is 9.61 Å². The number of rotatable bonds is 3. The summed E-state index contributed by atoms with van der Waals surface area (Å²) in [6, 6.07) is 7.70. The molecular weight excluding hydrogens is 232 g/mol. The minimum atomic E-state index is 0.115. The second-order valence-corrected chi connectivity index (χ2v) is 4.60. The molecule has 0 aliphatic carbocycles. The summed E-state index contributed by atoms with van der Waals surface area (Å²) in [5.74, 6) is 0.115. The zero-order valence-corrected chi connectivity index (χ0v) is 9.85. The van der Waals surface area contributed by atoms with Gasteiger partial charge in [-0.1, -0.05) is 6.07 Å². The maximum absolute atomic E-state index is 12.1. The molecule has 0 aliphatic rings. The molecule has 0 saturated heterocycles. The van der Waals surface area contributed by atoms with Crippen molar-refractivity contribution in [1.29, 1.82) is 0 Å². The van der Waals surface area contributed by atoms with Crippen molar-refractivity contribution in [2.75, 3.05) is 0 Å². The topological polar surface area (TPSA) is 34.4 Å². The van der Waals surface area contributed by atoms with E-state index < -0.39 is 0 Å². The van der Waals surface area contributed by atoms with Crippen LogP contribution in [-0.4, -0.2) is 15.4 Å². The van der Waals surface area contributed by atoms with Crippen molar-refractivity contribution in [3.8, 4) is 0 Å². The molecule has 84 valence electrons. The molecule has 3 aromatic rings. The molecule has 0 spiro atoms. The van der Waals surface area contributed by atoms with E-state index in [-0.39, 0.29) is 5.78 Å². The zero-order chi connectivity index (χ0) is 11.7. The first-order valence-electron chi connectivity index (χ1n) is 5.31. The first-order chi connectivity index (χ1) is 8.34. The number of pyridine rings is 1. The second-order valence-electron chi connectivity index (χ2n) is 3.82. The van der Waals surface area contributed by atoms with Gasteiger partial charge in [0.05, 0.1) is 17.3 Å². The van der Waals surface area contributed by atoms with E-state index in [2.05, 4.69) is 5.10 Å². The molecule has 3 rings (SSSR count). The smallest absolute Gasteiger partial charge is 0.171 e. The highest BCUT2D eigenvalue weighted by atomic mass is 32.1. The molecule has 3 nitrogen and oxygen atoms in total. The first-order valence-corrected chi connectivity index (χ1v) is 6.25. The summed E-state index contributed by atoms with van der Waals surface area (Å²) >= 11 is 1.61. The maximum Gasteiger partial charge on any atom is 0.171 e. The summed E-state index contributed by atoms with van der Waals surface area (Å²) in [5, 5.41) is 8.16. The first kappa shape index (κ1) is 10.2. The number of thiophene rings is 1. The minimum absolute atomic E-state index is 0.115. The number of carbonyl (C=O) groups is 1. The van der Waals surface area contributed by atoms with Gasteiger partial charge in [-0.25, -0.2) is 4.52 Å². The molecule has 4 heteroatoms. The monoisotopic (exact) mass is 242 g/mol. The molecule has 0 saturated carbocycles. The Hall–Kier alpha value is -1.94. The molecule has 3 aromatic heterocycles. The van der Waals surface area contributed by atoms with Crippen LogP contribution in [0.2, 0.25) is 0 Å². The van der Waals surface area contributed by atoms with Crippen LogP contribution in [0.25, 0.3) is 5.52 Å². The van der Waals surface area contributed by atoms with Crippen molar-refractivity contribution in [3.05, 3.63) is 58.5 Å². The van der Waals surface area contributed by atoms with Gasteiger partial charge in [-0.2, -0.15) is 16.4 Å². The van der Waals surface area contributed by atoms with Gasteiger partial charge < -0.3 is 0 Å². The summed E-state index contributed by atoms with van der Waals surface area (Å²) in [4.78, 5) is 12.1. The lowest BCUT2D eigenvalue weighted by molar-refractivity contribution is 0.0994. The third kappa shape index (κ3) is 1.87.